The summed E-state index contributed by atoms with van der Waals surface area (Å²) >= 11 is 0. The van der Waals surface area contributed by atoms with Crippen molar-refractivity contribution in [1.82, 2.24) is 5.32 Å². The van der Waals surface area contributed by atoms with E-state index < -0.39 is 0 Å². The van der Waals surface area contributed by atoms with Crippen molar-refractivity contribution in [2.45, 2.75) is 13.0 Å². The van der Waals surface area contributed by atoms with Crippen LogP contribution in [0.5, 0.6) is 0 Å². The minimum Gasteiger partial charge on any atom is -0.394 e. The van der Waals surface area contributed by atoms with Gasteiger partial charge in [-0.25, -0.2) is 0 Å². The van der Waals surface area contributed by atoms with E-state index in [4.69, 9.17) is 0 Å². The Morgan fingerprint density at radius 1 is 1.43 bits per heavy atom. The molecule has 1 unspecified atom stereocenters. The predicted octanol–water partition coefficient (Wildman–Crippen LogP) is 1.89. The third kappa shape index (κ3) is 3.32. The number of hydrogen-bond donors (Lipinski definition) is 2. The number of rotatable bonds is 5. The molecule has 1 atom stereocenters. The van der Waals surface area contributed by atoms with Crippen LogP contribution in [0.1, 0.15) is 18.5 Å². The highest BCUT2D eigenvalue weighted by molar-refractivity contribution is 5.19. The molecule has 76 valence electrons. The van der Waals surface area contributed by atoms with Gasteiger partial charge in [-0.1, -0.05) is 42.5 Å². The summed E-state index contributed by atoms with van der Waals surface area (Å²) < 4.78 is 0. The molecule has 1 aromatic rings. The van der Waals surface area contributed by atoms with E-state index in [-0.39, 0.29) is 12.6 Å². The number of benzene rings is 1. The molecule has 0 aromatic heterocycles. The predicted molar refractivity (Wildman–Crippen MR) is 59.1 cm³/mol. The third-order valence-corrected chi connectivity index (χ3v) is 2.03. The van der Waals surface area contributed by atoms with Gasteiger partial charge in [0.15, 0.2) is 0 Å². The first-order chi connectivity index (χ1) is 6.74. The van der Waals surface area contributed by atoms with E-state index in [0.29, 0.717) is 0 Å². The van der Waals surface area contributed by atoms with Crippen LogP contribution in [0, 0.1) is 0 Å². The number of nitrogens with one attached hydrogen (secondary N) is 1. The molecule has 1 rings (SSSR count). The van der Waals surface area contributed by atoms with Gasteiger partial charge in [0, 0.05) is 6.54 Å². The van der Waals surface area contributed by atoms with Gasteiger partial charge in [-0.15, -0.1) is 0 Å². The van der Waals surface area contributed by atoms with E-state index in [0.717, 1.165) is 17.7 Å². The minimum absolute atomic E-state index is 0.00731. The van der Waals surface area contributed by atoms with Gasteiger partial charge in [-0.05, 0) is 12.5 Å². The lowest BCUT2D eigenvalue weighted by molar-refractivity contribution is 0.247. The monoisotopic (exact) mass is 191 g/mol. The average molecular weight is 191 g/mol. The molecule has 0 bridgehead atoms. The number of aliphatic hydroxyl groups is 1. The fourth-order valence-electron chi connectivity index (χ4n) is 1.27. The van der Waals surface area contributed by atoms with Gasteiger partial charge in [0.05, 0.1) is 12.6 Å². The van der Waals surface area contributed by atoms with E-state index >= 15 is 0 Å². The topological polar surface area (TPSA) is 32.3 Å². The maximum Gasteiger partial charge on any atom is 0.0626 e. The zero-order valence-electron chi connectivity index (χ0n) is 8.53. The molecule has 0 heterocycles. The maximum atomic E-state index is 9.20. The van der Waals surface area contributed by atoms with Gasteiger partial charge in [0.2, 0.25) is 0 Å². The van der Waals surface area contributed by atoms with Crippen LogP contribution in [0.4, 0.5) is 0 Å². The summed E-state index contributed by atoms with van der Waals surface area (Å²) in [5.74, 6) is 0. The Hall–Kier alpha value is -1.12. The molecule has 0 saturated carbocycles. The molecule has 2 nitrogen and oxygen atoms in total. The molecule has 0 spiro atoms. The Morgan fingerprint density at radius 3 is 2.57 bits per heavy atom. The van der Waals surface area contributed by atoms with Crippen LogP contribution in [0.3, 0.4) is 0 Å². The van der Waals surface area contributed by atoms with E-state index in [2.05, 4.69) is 11.9 Å². The Morgan fingerprint density at radius 2 is 2.07 bits per heavy atom. The lowest BCUT2D eigenvalue weighted by Crippen LogP contribution is -2.25. The first-order valence-corrected chi connectivity index (χ1v) is 4.77. The summed E-state index contributed by atoms with van der Waals surface area (Å²) in [6.45, 7) is 6.62. The SMILES string of the molecule is C=C(C)CNC(CO)c1ccccc1. The van der Waals surface area contributed by atoms with Gasteiger partial charge in [-0.2, -0.15) is 0 Å². The van der Waals surface area contributed by atoms with Crippen LogP contribution in [0.15, 0.2) is 42.5 Å². The largest absolute Gasteiger partial charge is 0.394 e. The summed E-state index contributed by atoms with van der Waals surface area (Å²) in [7, 11) is 0. The van der Waals surface area contributed by atoms with Gasteiger partial charge < -0.3 is 10.4 Å². The second kappa shape index (κ2) is 5.58. The maximum absolute atomic E-state index is 9.20. The highest BCUT2D eigenvalue weighted by atomic mass is 16.3. The van der Waals surface area contributed by atoms with Crippen molar-refractivity contribution in [3.63, 3.8) is 0 Å². The lowest BCUT2D eigenvalue weighted by atomic mass is 10.1. The van der Waals surface area contributed by atoms with Gasteiger partial charge in [-0.3, -0.25) is 0 Å². The Labute approximate surface area is 85.3 Å². The Kier molecular flexibility index (Phi) is 4.36. The molecule has 0 radical (unpaired) electrons. The van der Waals surface area contributed by atoms with Crippen LogP contribution < -0.4 is 5.32 Å². The molecule has 14 heavy (non-hydrogen) atoms. The molecule has 1 aromatic carbocycles. The van der Waals surface area contributed by atoms with E-state index in [1.54, 1.807) is 0 Å². The van der Waals surface area contributed by atoms with Crippen LogP contribution >= 0.6 is 0 Å². The summed E-state index contributed by atoms with van der Waals surface area (Å²) in [5.41, 5.74) is 2.18. The lowest BCUT2D eigenvalue weighted by Gasteiger charge is -2.16. The van der Waals surface area contributed by atoms with Gasteiger partial charge in [0.1, 0.15) is 0 Å². The van der Waals surface area contributed by atoms with Gasteiger partial charge in [0.25, 0.3) is 0 Å². The molecule has 0 fully saturated rings. The first kappa shape index (κ1) is 11.0. The quantitative estimate of drug-likeness (QED) is 0.696. The smallest absolute Gasteiger partial charge is 0.0626 e. The summed E-state index contributed by atoms with van der Waals surface area (Å²) in [6.07, 6.45) is 0. The molecular weight excluding hydrogens is 174 g/mol. The fraction of sp³-hybridized carbons (Fsp3) is 0.333. The minimum atomic E-state index is 0.00731. The standard InChI is InChI=1S/C12H17NO/c1-10(2)8-13-12(9-14)11-6-4-3-5-7-11/h3-7,12-14H,1,8-9H2,2H3. The van der Waals surface area contributed by atoms with Crippen molar-refractivity contribution in [3.05, 3.63) is 48.0 Å². The zero-order chi connectivity index (χ0) is 10.4. The van der Waals surface area contributed by atoms with Crippen molar-refractivity contribution in [2.24, 2.45) is 0 Å². The average Bonchev–Trinajstić information content (AvgIpc) is 2.20. The first-order valence-electron chi connectivity index (χ1n) is 4.77. The molecule has 0 amide bonds. The highest BCUT2D eigenvalue weighted by Crippen LogP contribution is 2.11. The van der Waals surface area contributed by atoms with Gasteiger partial charge >= 0.3 is 0 Å². The van der Waals surface area contributed by atoms with Crippen molar-refractivity contribution >= 4 is 0 Å². The summed E-state index contributed by atoms with van der Waals surface area (Å²) in [4.78, 5) is 0. The second-order valence-corrected chi connectivity index (χ2v) is 3.48. The Bertz CT molecular complexity index is 282. The van der Waals surface area contributed by atoms with E-state index in [9.17, 15) is 5.11 Å². The molecule has 0 aliphatic carbocycles. The van der Waals surface area contributed by atoms with Crippen molar-refractivity contribution < 1.29 is 5.11 Å². The van der Waals surface area contributed by atoms with Crippen LogP contribution in [0.25, 0.3) is 0 Å². The molecule has 0 aliphatic rings. The van der Waals surface area contributed by atoms with Crippen molar-refractivity contribution in [1.29, 1.82) is 0 Å². The highest BCUT2D eigenvalue weighted by Gasteiger charge is 2.07. The van der Waals surface area contributed by atoms with Crippen molar-refractivity contribution in [3.8, 4) is 0 Å². The van der Waals surface area contributed by atoms with E-state index in [1.807, 2.05) is 37.3 Å². The number of aliphatic hydroxyl groups excluding tert-OH is 1. The molecule has 0 saturated heterocycles. The molecule has 2 N–H and O–H groups in total. The van der Waals surface area contributed by atoms with Crippen molar-refractivity contribution in [2.75, 3.05) is 13.2 Å². The number of hydrogen-bond acceptors (Lipinski definition) is 2. The molecular formula is C12H17NO. The zero-order valence-corrected chi connectivity index (χ0v) is 8.53. The normalized spacial score (nSPS) is 12.4. The molecule has 0 aliphatic heterocycles. The Balaban J connectivity index is 2.58. The summed E-state index contributed by atoms with van der Waals surface area (Å²) in [5, 5.41) is 12.4. The van der Waals surface area contributed by atoms with Crippen LogP contribution in [-0.2, 0) is 0 Å². The molecule has 2 heteroatoms. The van der Waals surface area contributed by atoms with E-state index in [1.165, 1.54) is 0 Å². The fourth-order valence-corrected chi connectivity index (χ4v) is 1.27. The summed E-state index contributed by atoms with van der Waals surface area (Å²) in [6, 6.07) is 9.93. The second-order valence-electron chi connectivity index (χ2n) is 3.48. The van der Waals surface area contributed by atoms with Crippen LogP contribution in [0.2, 0.25) is 0 Å². The third-order valence-electron chi connectivity index (χ3n) is 2.03. The van der Waals surface area contributed by atoms with Crippen LogP contribution in [-0.4, -0.2) is 18.3 Å².